The predicted molar refractivity (Wildman–Crippen MR) is 141 cm³/mol. The van der Waals surface area contributed by atoms with E-state index in [0.717, 1.165) is 18.7 Å². The van der Waals surface area contributed by atoms with Crippen LogP contribution < -0.4 is 11.1 Å². The van der Waals surface area contributed by atoms with Gasteiger partial charge in [0, 0.05) is 37.4 Å². The number of morpholine rings is 1. The molecule has 0 unspecified atom stereocenters. The van der Waals surface area contributed by atoms with E-state index in [1.54, 1.807) is 29.2 Å². The standard InChI is InChI=1S/C28H28N6O4/c29-16-22-25(27(30)36)23-17-33(10-11-34(23)26(22)20-4-2-1-3-5-20)28(37)31-21-8-6-19(7-9-21)24(35)18-32-12-14-38-15-13-32/h1-9H,10-15,17-18H2,(H2,30,36)(H,31,37). The van der Waals surface area contributed by atoms with Gasteiger partial charge in [0.1, 0.15) is 6.07 Å². The number of hydrogen-bond donors (Lipinski definition) is 2. The Morgan fingerprint density at radius 3 is 2.34 bits per heavy atom. The molecule has 194 valence electrons. The summed E-state index contributed by atoms with van der Waals surface area (Å²) in [5.41, 5.74) is 9.16. The van der Waals surface area contributed by atoms with Crippen LogP contribution in [0.2, 0.25) is 0 Å². The van der Waals surface area contributed by atoms with Crippen LogP contribution >= 0.6 is 0 Å². The van der Waals surface area contributed by atoms with Crippen molar-refractivity contribution in [1.29, 1.82) is 5.26 Å². The molecule has 2 aliphatic heterocycles. The number of rotatable bonds is 6. The van der Waals surface area contributed by atoms with Crippen molar-refractivity contribution >= 4 is 23.4 Å². The lowest BCUT2D eigenvalue weighted by Gasteiger charge is -2.30. The Bertz CT molecular complexity index is 1400. The maximum Gasteiger partial charge on any atom is 0.322 e. The van der Waals surface area contributed by atoms with E-state index in [9.17, 15) is 19.6 Å². The fourth-order valence-electron chi connectivity index (χ4n) is 5.00. The average Bonchev–Trinajstić information content (AvgIpc) is 3.28. The van der Waals surface area contributed by atoms with Gasteiger partial charge in [0.2, 0.25) is 0 Å². The highest BCUT2D eigenvalue weighted by molar-refractivity contribution is 6.00. The zero-order valence-corrected chi connectivity index (χ0v) is 20.9. The molecule has 3 N–H and O–H groups in total. The number of benzene rings is 2. The first-order valence-corrected chi connectivity index (χ1v) is 12.5. The summed E-state index contributed by atoms with van der Waals surface area (Å²) in [6, 6.07) is 18.0. The molecule has 0 saturated carbocycles. The second-order valence-corrected chi connectivity index (χ2v) is 9.28. The molecule has 1 aromatic heterocycles. The number of Topliss-reactive ketones (excluding diaryl/α,β-unsaturated/α-hetero) is 1. The molecule has 0 spiro atoms. The van der Waals surface area contributed by atoms with Crippen LogP contribution in [-0.4, -0.2) is 71.5 Å². The first-order valence-electron chi connectivity index (χ1n) is 12.5. The van der Waals surface area contributed by atoms with Crippen molar-refractivity contribution in [3.63, 3.8) is 0 Å². The van der Waals surface area contributed by atoms with Gasteiger partial charge in [-0.2, -0.15) is 5.26 Å². The van der Waals surface area contributed by atoms with E-state index < -0.39 is 5.91 Å². The first-order chi connectivity index (χ1) is 18.5. The molecule has 2 aromatic carbocycles. The number of nitrogens with two attached hydrogens (primary N) is 1. The van der Waals surface area contributed by atoms with Gasteiger partial charge in [0.05, 0.1) is 48.8 Å². The van der Waals surface area contributed by atoms with Crippen molar-refractivity contribution in [3.8, 4) is 17.3 Å². The molecule has 3 amide bonds. The Balaban J connectivity index is 1.30. The molecule has 0 atom stereocenters. The molecule has 1 saturated heterocycles. The van der Waals surface area contributed by atoms with Gasteiger partial charge in [-0.3, -0.25) is 14.5 Å². The highest BCUT2D eigenvalue weighted by atomic mass is 16.5. The van der Waals surface area contributed by atoms with Crippen LogP contribution in [0.5, 0.6) is 0 Å². The van der Waals surface area contributed by atoms with E-state index in [2.05, 4.69) is 16.3 Å². The molecule has 38 heavy (non-hydrogen) atoms. The Hall–Kier alpha value is -4.46. The third-order valence-corrected chi connectivity index (χ3v) is 6.93. The van der Waals surface area contributed by atoms with Gasteiger partial charge in [-0.1, -0.05) is 30.3 Å². The molecule has 5 rings (SSSR count). The SMILES string of the molecule is N#Cc1c(C(N)=O)c2n(c1-c1ccccc1)CCN(C(=O)Nc1ccc(C(=O)CN3CCOCC3)cc1)C2. The normalized spacial score (nSPS) is 15.4. The Kier molecular flexibility index (Phi) is 7.22. The summed E-state index contributed by atoms with van der Waals surface area (Å²) >= 11 is 0. The minimum atomic E-state index is -0.702. The quantitative estimate of drug-likeness (QED) is 0.488. The molecule has 10 heteroatoms. The molecule has 1 fully saturated rings. The summed E-state index contributed by atoms with van der Waals surface area (Å²) < 4.78 is 7.23. The van der Waals surface area contributed by atoms with Crippen molar-refractivity contribution in [2.75, 3.05) is 44.7 Å². The van der Waals surface area contributed by atoms with E-state index in [1.807, 2.05) is 34.9 Å². The Labute approximate surface area is 220 Å². The molecule has 0 aliphatic carbocycles. The molecule has 3 aromatic rings. The second kappa shape index (κ2) is 10.9. The molecule has 0 radical (unpaired) electrons. The number of carbonyl (C=O) groups is 3. The number of nitriles is 1. The zero-order valence-electron chi connectivity index (χ0n) is 20.9. The monoisotopic (exact) mass is 512 g/mol. The number of hydrogen-bond acceptors (Lipinski definition) is 6. The summed E-state index contributed by atoms with van der Waals surface area (Å²) in [6.07, 6.45) is 0. The van der Waals surface area contributed by atoms with Crippen LogP contribution in [0.3, 0.4) is 0 Å². The minimum absolute atomic E-state index is 0.0167. The van der Waals surface area contributed by atoms with Crippen molar-refractivity contribution in [2.45, 2.75) is 13.1 Å². The van der Waals surface area contributed by atoms with E-state index in [-0.39, 0.29) is 29.5 Å². The van der Waals surface area contributed by atoms with Crippen LogP contribution in [0.25, 0.3) is 11.3 Å². The first kappa shape index (κ1) is 25.2. The number of fused-ring (bicyclic) bond motifs is 1. The predicted octanol–water partition coefficient (Wildman–Crippen LogP) is 2.69. The van der Waals surface area contributed by atoms with Crippen LogP contribution in [0.4, 0.5) is 10.5 Å². The van der Waals surface area contributed by atoms with Gasteiger partial charge < -0.3 is 25.3 Å². The third-order valence-electron chi connectivity index (χ3n) is 6.93. The fraction of sp³-hybridized carbons (Fsp3) is 0.286. The Morgan fingerprint density at radius 2 is 1.68 bits per heavy atom. The third kappa shape index (κ3) is 5.02. The topological polar surface area (TPSA) is 134 Å². The molecular weight excluding hydrogens is 484 g/mol. The maximum atomic E-state index is 13.1. The number of nitrogens with one attached hydrogen (secondary N) is 1. The van der Waals surface area contributed by atoms with Gasteiger partial charge in [0.25, 0.3) is 5.91 Å². The fourth-order valence-corrected chi connectivity index (χ4v) is 5.00. The van der Waals surface area contributed by atoms with E-state index in [0.29, 0.717) is 55.5 Å². The van der Waals surface area contributed by atoms with Gasteiger partial charge in [-0.05, 0) is 29.8 Å². The summed E-state index contributed by atoms with van der Waals surface area (Å²) in [7, 11) is 0. The van der Waals surface area contributed by atoms with Crippen molar-refractivity contribution in [1.82, 2.24) is 14.4 Å². The lowest BCUT2D eigenvalue weighted by Crippen LogP contribution is -2.41. The number of aromatic nitrogens is 1. The smallest absolute Gasteiger partial charge is 0.322 e. The van der Waals surface area contributed by atoms with E-state index >= 15 is 0 Å². The Morgan fingerprint density at radius 1 is 0.974 bits per heavy atom. The molecule has 10 nitrogen and oxygen atoms in total. The summed E-state index contributed by atoms with van der Waals surface area (Å²) in [5.74, 6) is -0.685. The number of ether oxygens (including phenoxy) is 1. The highest BCUT2D eigenvalue weighted by Crippen LogP contribution is 2.34. The van der Waals surface area contributed by atoms with Gasteiger partial charge in [-0.25, -0.2) is 4.79 Å². The number of ketones is 1. The summed E-state index contributed by atoms with van der Waals surface area (Å²) in [4.78, 5) is 41.7. The van der Waals surface area contributed by atoms with Crippen LogP contribution in [0.15, 0.2) is 54.6 Å². The number of amides is 3. The van der Waals surface area contributed by atoms with Crippen molar-refractivity contribution in [2.24, 2.45) is 5.73 Å². The van der Waals surface area contributed by atoms with E-state index in [1.165, 1.54) is 0 Å². The number of primary amides is 1. The number of carbonyl (C=O) groups excluding carboxylic acids is 3. The minimum Gasteiger partial charge on any atom is -0.379 e. The largest absolute Gasteiger partial charge is 0.379 e. The van der Waals surface area contributed by atoms with Gasteiger partial charge in [-0.15, -0.1) is 0 Å². The van der Waals surface area contributed by atoms with Crippen molar-refractivity contribution < 1.29 is 19.1 Å². The maximum absolute atomic E-state index is 13.1. The van der Waals surface area contributed by atoms with Crippen LogP contribution in [0, 0.1) is 11.3 Å². The number of anilines is 1. The second-order valence-electron chi connectivity index (χ2n) is 9.28. The molecular formula is C28H28N6O4. The molecule has 2 aliphatic rings. The summed E-state index contributed by atoms with van der Waals surface area (Å²) in [5, 5.41) is 12.7. The molecule has 3 heterocycles. The van der Waals surface area contributed by atoms with Crippen molar-refractivity contribution in [3.05, 3.63) is 77.0 Å². The molecule has 0 bridgehead atoms. The van der Waals surface area contributed by atoms with Crippen LogP contribution in [-0.2, 0) is 17.8 Å². The van der Waals surface area contributed by atoms with Gasteiger partial charge >= 0.3 is 6.03 Å². The van der Waals surface area contributed by atoms with E-state index in [4.69, 9.17) is 10.5 Å². The lowest BCUT2D eigenvalue weighted by molar-refractivity contribution is 0.0371. The van der Waals surface area contributed by atoms with Gasteiger partial charge in [0.15, 0.2) is 5.78 Å². The summed E-state index contributed by atoms with van der Waals surface area (Å²) in [6.45, 7) is 3.98. The average molecular weight is 513 g/mol. The number of nitrogens with zero attached hydrogens (tertiary/aromatic N) is 4. The highest BCUT2D eigenvalue weighted by Gasteiger charge is 2.32. The zero-order chi connectivity index (χ0) is 26.6. The van der Waals surface area contributed by atoms with Crippen LogP contribution in [0.1, 0.15) is 32.0 Å². The number of urea groups is 1. The lowest BCUT2D eigenvalue weighted by atomic mass is 10.0.